The van der Waals surface area contributed by atoms with Gasteiger partial charge in [0.2, 0.25) is 0 Å². The molecule has 1 N–H and O–H groups in total. The maximum Gasteiger partial charge on any atom is -0.00490 e. The normalized spacial score (nSPS) is 15.7. The Hall–Kier alpha value is 0.310. The molecule has 15 heavy (non-hydrogen) atoms. The lowest BCUT2D eigenvalue weighted by molar-refractivity contribution is 0.528. The van der Waals surface area contributed by atoms with Crippen molar-refractivity contribution < 1.29 is 0 Å². The van der Waals surface area contributed by atoms with Gasteiger partial charge < -0.3 is 5.32 Å². The van der Waals surface area contributed by atoms with Crippen LogP contribution in [0, 0.1) is 5.92 Å². The molecule has 94 valence electrons. The molecule has 0 spiro atoms. The van der Waals surface area contributed by atoms with Crippen LogP contribution in [0.2, 0.25) is 0 Å². The average Bonchev–Trinajstić information content (AvgIpc) is 2.08. The van der Waals surface area contributed by atoms with E-state index in [0.29, 0.717) is 0 Å². The molecule has 0 heterocycles. The highest BCUT2D eigenvalue weighted by Gasteiger charge is 2.22. The van der Waals surface area contributed by atoms with E-state index in [1.54, 1.807) is 0 Å². The first-order chi connectivity index (χ1) is 6.89. The van der Waals surface area contributed by atoms with Gasteiger partial charge in [0.25, 0.3) is 0 Å². The van der Waals surface area contributed by atoms with E-state index >= 15 is 0 Å². The van der Waals surface area contributed by atoms with Gasteiger partial charge in [-0.3, -0.25) is 0 Å². The van der Waals surface area contributed by atoms with Crippen LogP contribution in [0.25, 0.3) is 0 Å². The Morgan fingerprint density at radius 1 is 1.07 bits per heavy atom. The number of unbranched alkanes of at least 4 members (excludes halogenated alkanes) is 1. The fourth-order valence-corrected chi connectivity index (χ4v) is 4.78. The van der Waals surface area contributed by atoms with Crippen molar-refractivity contribution in [3.8, 4) is 0 Å². The summed E-state index contributed by atoms with van der Waals surface area (Å²) in [5.41, 5.74) is 0. The molecule has 1 nitrogen and oxygen atoms in total. The van der Waals surface area contributed by atoms with Crippen LogP contribution in [0.3, 0.4) is 0 Å². The van der Waals surface area contributed by atoms with Gasteiger partial charge in [0.15, 0.2) is 0 Å². The van der Waals surface area contributed by atoms with Gasteiger partial charge in [0.1, 0.15) is 0 Å². The molecule has 0 saturated carbocycles. The first-order valence-corrected chi connectivity index (χ1v) is 9.19. The van der Waals surface area contributed by atoms with Crippen molar-refractivity contribution in [1.29, 1.82) is 0 Å². The lowest BCUT2D eigenvalue weighted by Gasteiger charge is -2.39. The van der Waals surface area contributed by atoms with E-state index in [0.717, 1.165) is 17.7 Å². The minimum atomic E-state index is -0.377. The fraction of sp³-hybridized carbons (Fsp3) is 1.00. The van der Waals surface area contributed by atoms with E-state index in [2.05, 4.69) is 44.9 Å². The van der Waals surface area contributed by atoms with Crippen molar-refractivity contribution in [1.82, 2.24) is 5.32 Å². The minimum Gasteiger partial charge on any atom is -0.317 e. The summed E-state index contributed by atoms with van der Waals surface area (Å²) < 4.78 is 0. The van der Waals surface area contributed by atoms with Gasteiger partial charge in [-0.1, -0.05) is 27.2 Å². The van der Waals surface area contributed by atoms with Crippen molar-refractivity contribution >= 4 is 10.0 Å². The van der Waals surface area contributed by atoms with E-state index in [1.165, 1.54) is 25.8 Å². The summed E-state index contributed by atoms with van der Waals surface area (Å²) in [5.74, 6) is 0.846. The lowest BCUT2D eigenvalue weighted by atomic mass is 10.0. The Kier molecular flexibility index (Phi) is 7.72. The van der Waals surface area contributed by atoms with Crippen LogP contribution in [0.5, 0.6) is 0 Å². The van der Waals surface area contributed by atoms with Crippen molar-refractivity contribution in [2.45, 2.75) is 45.3 Å². The molecule has 0 aromatic rings. The number of hydrogen-bond acceptors (Lipinski definition) is 1. The third-order valence-electron chi connectivity index (χ3n) is 2.99. The number of hydrogen-bond donors (Lipinski definition) is 1. The molecule has 0 aromatic heterocycles. The topological polar surface area (TPSA) is 12.0 Å². The Balaban J connectivity index is 3.78. The predicted octanol–water partition coefficient (Wildman–Crippen LogP) is 3.48. The second kappa shape index (κ2) is 7.56. The summed E-state index contributed by atoms with van der Waals surface area (Å²) in [5, 5.41) is 4.34. The summed E-state index contributed by atoms with van der Waals surface area (Å²) in [7, 11) is -0.377. The molecular weight excluding hydrogens is 202 g/mol. The molecule has 0 aromatic carbocycles. The van der Waals surface area contributed by atoms with Gasteiger partial charge >= 0.3 is 0 Å². The Morgan fingerprint density at radius 2 is 1.67 bits per heavy atom. The van der Waals surface area contributed by atoms with Crippen molar-refractivity contribution in [3.05, 3.63) is 0 Å². The van der Waals surface area contributed by atoms with Crippen molar-refractivity contribution in [3.63, 3.8) is 0 Å². The van der Waals surface area contributed by atoms with E-state index in [4.69, 9.17) is 0 Å². The number of rotatable bonds is 8. The monoisotopic (exact) mass is 233 g/mol. The highest BCUT2D eigenvalue weighted by Crippen LogP contribution is 2.46. The van der Waals surface area contributed by atoms with Gasteiger partial charge in [-0.25, -0.2) is 10.0 Å². The molecular formula is C13H31NS. The first kappa shape index (κ1) is 15.3. The van der Waals surface area contributed by atoms with Crippen LogP contribution in [0.15, 0.2) is 0 Å². The zero-order chi connectivity index (χ0) is 11.9. The molecule has 0 aliphatic heterocycles. The van der Waals surface area contributed by atoms with Crippen LogP contribution < -0.4 is 5.32 Å². The second-order valence-corrected chi connectivity index (χ2v) is 10.0. The molecule has 0 unspecified atom stereocenters. The summed E-state index contributed by atoms with van der Waals surface area (Å²) >= 11 is 0. The summed E-state index contributed by atoms with van der Waals surface area (Å²) in [6, 6.07) is 0. The molecule has 0 rings (SSSR count). The van der Waals surface area contributed by atoms with Crippen LogP contribution in [0.4, 0.5) is 0 Å². The molecule has 0 aliphatic rings. The molecule has 0 radical (unpaired) electrons. The van der Waals surface area contributed by atoms with Crippen LogP contribution >= 0.6 is 10.0 Å². The SMILES string of the molecule is CCNCCCC[C@@H](C(C)C)S(C)(C)C. The zero-order valence-electron chi connectivity index (χ0n) is 11.6. The quantitative estimate of drug-likeness (QED) is 0.633. The lowest BCUT2D eigenvalue weighted by Crippen LogP contribution is -2.22. The van der Waals surface area contributed by atoms with Gasteiger partial charge in [0.05, 0.1) is 0 Å². The maximum atomic E-state index is 3.40. The van der Waals surface area contributed by atoms with Gasteiger partial charge in [-0.15, -0.1) is 0 Å². The van der Waals surface area contributed by atoms with Gasteiger partial charge in [-0.05, 0) is 55.9 Å². The van der Waals surface area contributed by atoms with Crippen LogP contribution in [-0.2, 0) is 0 Å². The molecule has 0 fully saturated rings. The largest absolute Gasteiger partial charge is 0.317 e. The van der Waals surface area contributed by atoms with Crippen molar-refractivity contribution in [2.24, 2.45) is 5.92 Å². The molecule has 0 bridgehead atoms. The summed E-state index contributed by atoms with van der Waals surface area (Å²) in [6.07, 6.45) is 11.5. The van der Waals surface area contributed by atoms with Gasteiger partial charge in [-0.2, -0.15) is 0 Å². The Bertz CT molecular complexity index is 149. The summed E-state index contributed by atoms with van der Waals surface area (Å²) in [4.78, 5) is 0. The zero-order valence-corrected chi connectivity index (χ0v) is 12.4. The second-order valence-electron chi connectivity index (χ2n) is 5.56. The smallest absolute Gasteiger partial charge is 0.00490 e. The molecule has 0 amide bonds. The predicted molar refractivity (Wildman–Crippen MR) is 76.4 cm³/mol. The molecule has 0 aliphatic carbocycles. The van der Waals surface area contributed by atoms with E-state index < -0.39 is 0 Å². The third kappa shape index (κ3) is 7.24. The van der Waals surface area contributed by atoms with E-state index in [1.807, 2.05) is 0 Å². The van der Waals surface area contributed by atoms with Crippen LogP contribution in [0.1, 0.15) is 40.0 Å². The fourth-order valence-electron chi connectivity index (χ4n) is 2.28. The Labute approximate surface area is 98.7 Å². The molecule has 0 saturated heterocycles. The van der Waals surface area contributed by atoms with E-state index in [-0.39, 0.29) is 10.0 Å². The van der Waals surface area contributed by atoms with Gasteiger partial charge in [0, 0.05) is 0 Å². The summed E-state index contributed by atoms with van der Waals surface area (Å²) in [6.45, 7) is 9.25. The highest BCUT2D eigenvalue weighted by atomic mass is 32.3. The third-order valence-corrected chi connectivity index (χ3v) is 5.59. The standard InChI is InChI=1S/C13H31NS/c1-7-14-11-9-8-10-13(12(2)3)15(4,5)6/h12-14H,7-11H2,1-6H3/t13-/m0/s1. The maximum absolute atomic E-state index is 3.40. The Morgan fingerprint density at radius 3 is 2.07 bits per heavy atom. The van der Waals surface area contributed by atoms with E-state index in [9.17, 15) is 0 Å². The first-order valence-electron chi connectivity index (χ1n) is 6.27. The van der Waals surface area contributed by atoms with Crippen LogP contribution in [-0.4, -0.2) is 37.1 Å². The average molecular weight is 233 g/mol. The molecule has 1 atom stereocenters. The minimum absolute atomic E-state index is 0.377. The number of nitrogens with one attached hydrogen (secondary N) is 1. The van der Waals surface area contributed by atoms with Crippen molar-refractivity contribution in [2.75, 3.05) is 31.9 Å². The molecule has 2 heteroatoms. The highest BCUT2D eigenvalue weighted by molar-refractivity contribution is 8.32.